The van der Waals surface area contributed by atoms with Crippen molar-refractivity contribution in [1.82, 2.24) is 5.32 Å². The molecule has 0 saturated heterocycles. The quantitative estimate of drug-likeness (QED) is 0.652. The van der Waals surface area contributed by atoms with E-state index in [0.717, 1.165) is 6.42 Å². The summed E-state index contributed by atoms with van der Waals surface area (Å²) < 4.78 is 0. The average Bonchev–Trinajstić information content (AvgIpc) is 2.48. The fourth-order valence-corrected chi connectivity index (χ4v) is 2.03. The van der Waals surface area contributed by atoms with Crippen LogP contribution in [-0.4, -0.2) is 28.6 Å². The summed E-state index contributed by atoms with van der Waals surface area (Å²) in [6, 6.07) is -0.00375. The molecule has 0 aromatic heterocycles. The molecule has 0 spiro atoms. The number of amides is 1. The van der Waals surface area contributed by atoms with E-state index in [1.165, 1.54) is 0 Å². The van der Waals surface area contributed by atoms with E-state index in [-0.39, 0.29) is 24.3 Å². The Hall–Kier alpha value is -1.10. The molecule has 1 fully saturated rings. The number of nitrogens with one attached hydrogen (secondary N) is 1. The van der Waals surface area contributed by atoms with Crippen molar-refractivity contribution in [3.63, 3.8) is 0 Å². The minimum atomic E-state index is -0.768. The lowest BCUT2D eigenvalue weighted by Gasteiger charge is -2.19. The van der Waals surface area contributed by atoms with Crippen molar-refractivity contribution >= 4 is 11.9 Å². The van der Waals surface area contributed by atoms with Gasteiger partial charge in [0.15, 0.2) is 0 Å². The summed E-state index contributed by atoms with van der Waals surface area (Å²) in [5, 5.41) is 11.7. The van der Waals surface area contributed by atoms with Gasteiger partial charge in [0.25, 0.3) is 0 Å². The van der Waals surface area contributed by atoms with Crippen molar-refractivity contribution in [1.29, 1.82) is 0 Å². The van der Waals surface area contributed by atoms with Gasteiger partial charge in [0.1, 0.15) is 0 Å². The normalized spacial score (nSPS) is 25.4. The van der Waals surface area contributed by atoms with Crippen LogP contribution in [0.1, 0.15) is 39.5 Å². The zero-order chi connectivity index (χ0) is 12.3. The van der Waals surface area contributed by atoms with E-state index in [0.29, 0.717) is 12.8 Å². The van der Waals surface area contributed by atoms with Crippen LogP contribution >= 0.6 is 0 Å². The number of carboxylic acids is 1. The first kappa shape index (κ1) is 13.0. The Morgan fingerprint density at radius 1 is 1.44 bits per heavy atom. The van der Waals surface area contributed by atoms with Crippen molar-refractivity contribution in [2.24, 2.45) is 11.7 Å². The van der Waals surface area contributed by atoms with E-state index in [9.17, 15) is 9.59 Å². The van der Waals surface area contributed by atoms with Gasteiger partial charge in [-0.1, -0.05) is 0 Å². The monoisotopic (exact) mass is 228 g/mol. The minimum Gasteiger partial charge on any atom is -0.481 e. The maximum Gasteiger partial charge on any atom is 0.306 e. The largest absolute Gasteiger partial charge is 0.481 e. The maximum absolute atomic E-state index is 11.6. The minimum absolute atomic E-state index is 0.00375. The second-order valence-electron chi connectivity index (χ2n) is 5.28. The van der Waals surface area contributed by atoms with Crippen molar-refractivity contribution in [2.45, 2.75) is 51.1 Å². The Morgan fingerprint density at radius 2 is 2.06 bits per heavy atom. The molecule has 1 aliphatic carbocycles. The first-order valence-corrected chi connectivity index (χ1v) is 5.59. The highest BCUT2D eigenvalue weighted by Crippen LogP contribution is 2.25. The van der Waals surface area contributed by atoms with Gasteiger partial charge < -0.3 is 16.2 Å². The molecule has 0 bridgehead atoms. The Bertz CT molecular complexity index is 283. The van der Waals surface area contributed by atoms with E-state index in [1.807, 2.05) is 0 Å². The predicted molar refractivity (Wildman–Crippen MR) is 59.8 cm³/mol. The molecule has 5 nitrogen and oxygen atoms in total. The van der Waals surface area contributed by atoms with Crippen LogP contribution in [0.25, 0.3) is 0 Å². The van der Waals surface area contributed by atoms with E-state index < -0.39 is 11.5 Å². The summed E-state index contributed by atoms with van der Waals surface area (Å²) in [4.78, 5) is 22.3. The van der Waals surface area contributed by atoms with E-state index in [2.05, 4.69) is 5.32 Å². The topological polar surface area (TPSA) is 92.4 Å². The molecule has 0 aromatic carbocycles. The molecule has 92 valence electrons. The highest BCUT2D eigenvalue weighted by molar-refractivity contribution is 5.77. The first-order chi connectivity index (χ1) is 7.28. The van der Waals surface area contributed by atoms with Crippen molar-refractivity contribution in [3.8, 4) is 0 Å². The summed E-state index contributed by atoms with van der Waals surface area (Å²) in [5.41, 5.74) is 5.21. The third kappa shape index (κ3) is 4.18. The highest BCUT2D eigenvalue weighted by Gasteiger charge is 2.31. The molecule has 16 heavy (non-hydrogen) atoms. The summed E-state index contributed by atoms with van der Waals surface area (Å²) in [6.07, 6.45) is 2.19. The van der Waals surface area contributed by atoms with Gasteiger partial charge in [-0.2, -0.15) is 0 Å². The molecule has 0 aliphatic heterocycles. The van der Waals surface area contributed by atoms with E-state index in [1.54, 1.807) is 13.8 Å². The Labute approximate surface area is 95.4 Å². The van der Waals surface area contributed by atoms with E-state index >= 15 is 0 Å². The second kappa shape index (κ2) is 4.82. The third-order valence-corrected chi connectivity index (χ3v) is 2.76. The molecule has 1 rings (SSSR count). The molecule has 0 aromatic rings. The smallest absolute Gasteiger partial charge is 0.306 e. The Balaban J connectivity index is 2.34. The SMILES string of the molecule is CC(C)(N)CC(=O)N[C@H]1CC[C@@H](C(=O)O)C1. The second-order valence-corrected chi connectivity index (χ2v) is 5.28. The molecular weight excluding hydrogens is 208 g/mol. The first-order valence-electron chi connectivity index (χ1n) is 5.59. The third-order valence-electron chi connectivity index (χ3n) is 2.76. The van der Waals surface area contributed by atoms with Crippen LogP contribution in [0.4, 0.5) is 0 Å². The lowest BCUT2D eigenvalue weighted by atomic mass is 10.0. The number of rotatable bonds is 4. The van der Waals surface area contributed by atoms with Crippen LogP contribution in [0, 0.1) is 5.92 Å². The van der Waals surface area contributed by atoms with Crippen LogP contribution < -0.4 is 11.1 Å². The van der Waals surface area contributed by atoms with Crippen LogP contribution in [-0.2, 0) is 9.59 Å². The summed E-state index contributed by atoms with van der Waals surface area (Å²) in [7, 11) is 0. The van der Waals surface area contributed by atoms with Gasteiger partial charge in [-0.3, -0.25) is 9.59 Å². The standard InChI is InChI=1S/C11H20N2O3/c1-11(2,12)6-9(14)13-8-4-3-7(5-8)10(15)16/h7-8H,3-6,12H2,1-2H3,(H,13,14)(H,15,16)/t7-,8+/m1/s1. The summed E-state index contributed by atoms with van der Waals surface area (Å²) in [5.74, 6) is -1.17. The van der Waals surface area contributed by atoms with Gasteiger partial charge in [0.2, 0.25) is 5.91 Å². The fourth-order valence-electron chi connectivity index (χ4n) is 2.03. The van der Waals surface area contributed by atoms with Gasteiger partial charge in [-0.15, -0.1) is 0 Å². The van der Waals surface area contributed by atoms with Crippen LogP contribution in [0.2, 0.25) is 0 Å². The molecule has 2 atom stereocenters. The Kier molecular flexibility index (Phi) is 3.91. The molecule has 0 heterocycles. The molecule has 1 aliphatic rings. The van der Waals surface area contributed by atoms with Gasteiger partial charge in [0.05, 0.1) is 5.92 Å². The fraction of sp³-hybridized carbons (Fsp3) is 0.818. The molecular formula is C11H20N2O3. The maximum atomic E-state index is 11.6. The number of carbonyl (C=O) groups excluding carboxylic acids is 1. The summed E-state index contributed by atoms with van der Waals surface area (Å²) in [6.45, 7) is 3.59. The van der Waals surface area contributed by atoms with Crippen molar-refractivity contribution in [2.75, 3.05) is 0 Å². The number of hydrogen-bond donors (Lipinski definition) is 3. The molecule has 5 heteroatoms. The Morgan fingerprint density at radius 3 is 2.50 bits per heavy atom. The average molecular weight is 228 g/mol. The predicted octanol–water partition coefficient (Wildman–Crippen LogP) is 0.483. The molecule has 1 amide bonds. The number of nitrogens with two attached hydrogens (primary N) is 1. The highest BCUT2D eigenvalue weighted by atomic mass is 16.4. The van der Waals surface area contributed by atoms with Crippen molar-refractivity contribution in [3.05, 3.63) is 0 Å². The lowest BCUT2D eigenvalue weighted by molar-refractivity contribution is -0.141. The van der Waals surface area contributed by atoms with E-state index in [4.69, 9.17) is 10.8 Å². The number of aliphatic carboxylic acids is 1. The van der Waals surface area contributed by atoms with Crippen LogP contribution in [0.3, 0.4) is 0 Å². The van der Waals surface area contributed by atoms with Crippen LogP contribution in [0.15, 0.2) is 0 Å². The number of carboxylic acid groups (broad SMARTS) is 1. The van der Waals surface area contributed by atoms with Crippen molar-refractivity contribution < 1.29 is 14.7 Å². The molecule has 0 unspecified atom stereocenters. The van der Waals surface area contributed by atoms with Gasteiger partial charge in [-0.05, 0) is 33.1 Å². The zero-order valence-electron chi connectivity index (χ0n) is 9.82. The van der Waals surface area contributed by atoms with Crippen LogP contribution in [0.5, 0.6) is 0 Å². The number of carbonyl (C=O) groups is 2. The lowest BCUT2D eigenvalue weighted by Crippen LogP contribution is -2.42. The van der Waals surface area contributed by atoms with Gasteiger partial charge >= 0.3 is 5.97 Å². The zero-order valence-corrected chi connectivity index (χ0v) is 9.82. The van der Waals surface area contributed by atoms with Gasteiger partial charge in [-0.25, -0.2) is 0 Å². The number of hydrogen-bond acceptors (Lipinski definition) is 3. The van der Waals surface area contributed by atoms with Gasteiger partial charge in [0, 0.05) is 18.0 Å². The molecule has 1 saturated carbocycles. The molecule has 4 N–H and O–H groups in total. The summed E-state index contributed by atoms with van der Waals surface area (Å²) >= 11 is 0. The molecule has 0 radical (unpaired) electrons.